The van der Waals surface area contributed by atoms with Gasteiger partial charge in [-0.2, -0.15) is 0 Å². The molecule has 0 saturated carbocycles. The lowest BCUT2D eigenvalue weighted by Gasteiger charge is -2.18. The van der Waals surface area contributed by atoms with Gasteiger partial charge in [0.2, 0.25) is 0 Å². The van der Waals surface area contributed by atoms with Crippen molar-refractivity contribution in [1.29, 1.82) is 0 Å². The van der Waals surface area contributed by atoms with Crippen LogP contribution in [-0.4, -0.2) is 38.6 Å². The lowest BCUT2D eigenvalue weighted by Crippen LogP contribution is -2.45. The number of methoxy groups -OCH3 is 1. The topological polar surface area (TPSA) is 111 Å². The molecule has 0 aliphatic heterocycles. The first kappa shape index (κ1) is 18.3. The average molecular weight is 330 g/mol. The summed E-state index contributed by atoms with van der Waals surface area (Å²) < 4.78 is 30.6. The Labute approximate surface area is 122 Å². The second-order valence-corrected chi connectivity index (χ2v) is 7.11. The van der Waals surface area contributed by atoms with Crippen molar-refractivity contribution < 1.29 is 17.9 Å². The molecule has 1 heterocycles. The molecule has 0 aromatic carbocycles. The number of thiazole rings is 1. The van der Waals surface area contributed by atoms with Crippen molar-refractivity contribution >= 4 is 39.7 Å². The van der Waals surface area contributed by atoms with Crippen LogP contribution in [0.25, 0.3) is 0 Å². The van der Waals surface area contributed by atoms with Gasteiger partial charge in [0.1, 0.15) is 0 Å². The van der Waals surface area contributed by atoms with Gasteiger partial charge in [0.05, 0.1) is 12.6 Å². The Kier molecular flexibility index (Phi) is 6.36. The van der Waals surface area contributed by atoms with Gasteiger partial charge < -0.3 is 10.5 Å². The van der Waals surface area contributed by atoms with Gasteiger partial charge >= 0.3 is 5.97 Å². The highest BCUT2D eigenvalue weighted by Gasteiger charge is 2.27. The molecule has 0 amide bonds. The first-order valence-corrected chi connectivity index (χ1v) is 7.34. The molecule has 0 fully saturated rings. The summed E-state index contributed by atoms with van der Waals surface area (Å²) in [6.07, 6.45) is 0. The first-order valence-electron chi connectivity index (χ1n) is 4.98. The van der Waals surface area contributed by atoms with Crippen LogP contribution in [0.15, 0.2) is 9.72 Å². The molecule has 1 aromatic rings. The van der Waals surface area contributed by atoms with Crippen molar-refractivity contribution in [2.45, 2.75) is 23.6 Å². The Morgan fingerprint density at radius 3 is 2.63 bits per heavy atom. The molecule has 0 aliphatic rings. The van der Waals surface area contributed by atoms with E-state index < -0.39 is 21.5 Å². The minimum Gasteiger partial charge on any atom is -0.464 e. The Morgan fingerprint density at radius 1 is 1.58 bits per heavy atom. The molecule has 0 atom stereocenters. The van der Waals surface area contributed by atoms with Gasteiger partial charge in [-0.1, -0.05) is 0 Å². The van der Waals surface area contributed by atoms with Crippen LogP contribution in [0, 0.1) is 0 Å². The van der Waals surface area contributed by atoms with Gasteiger partial charge in [0, 0.05) is 12.1 Å². The fourth-order valence-corrected chi connectivity index (χ4v) is 3.40. The number of nitrogens with zero attached hydrogens (tertiary/aromatic N) is 1. The Hall–Kier alpha value is -0.740. The van der Waals surface area contributed by atoms with E-state index in [-0.39, 0.29) is 28.9 Å². The summed E-state index contributed by atoms with van der Waals surface area (Å²) in [6, 6.07) is 0. The highest BCUT2D eigenvalue weighted by molar-refractivity contribution is 7.91. The predicted octanol–water partition coefficient (Wildman–Crippen LogP) is 0.367. The van der Waals surface area contributed by atoms with Crippen molar-refractivity contribution in [1.82, 2.24) is 9.71 Å². The van der Waals surface area contributed by atoms with Gasteiger partial charge in [-0.25, -0.2) is 22.9 Å². The average Bonchev–Trinajstić information content (AvgIpc) is 2.74. The van der Waals surface area contributed by atoms with E-state index in [1.807, 2.05) is 0 Å². The summed E-state index contributed by atoms with van der Waals surface area (Å²) in [5.41, 5.74) is 6.05. The number of aromatic nitrogens is 1. The van der Waals surface area contributed by atoms with Crippen LogP contribution < -0.4 is 10.5 Å². The van der Waals surface area contributed by atoms with Crippen molar-refractivity contribution in [2.24, 2.45) is 5.73 Å². The molecule has 0 bridgehead atoms. The minimum atomic E-state index is -3.81. The van der Waals surface area contributed by atoms with Crippen LogP contribution in [0.1, 0.15) is 24.3 Å². The zero-order valence-electron chi connectivity index (χ0n) is 10.7. The molecule has 7 nitrogen and oxygen atoms in total. The molecular weight excluding hydrogens is 314 g/mol. The van der Waals surface area contributed by atoms with E-state index in [0.717, 1.165) is 18.4 Å². The number of carbonyl (C=O) groups excluding carboxylic acids is 1. The number of hydrogen-bond donors (Lipinski definition) is 2. The maximum atomic E-state index is 12.0. The number of nitrogens with one attached hydrogen (secondary N) is 1. The van der Waals surface area contributed by atoms with Crippen LogP contribution >= 0.6 is 23.7 Å². The molecule has 0 aliphatic carbocycles. The second kappa shape index (κ2) is 6.62. The molecule has 3 N–H and O–H groups in total. The second-order valence-electron chi connectivity index (χ2n) is 4.29. The highest BCUT2D eigenvalue weighted by Crippen LogP contribution is 2.20. The van der Waals surface area contributed by atoms with Crippen LogP contribution in [-0.2, 0) is 14.8 Å². The number of nitrogens with two attached hydrogens (primary N) is 1. The van der Waals surface area contributed by atoms with Crippen LogP contribution in [0.5, 0.6) is 0 Å². The Balaban J connectivity index is 0.00000324. The van der Waals surface area contributed by atoms with Crippen molar-refractivity contribution in [3.63, 3.8) is 0 Å². The van der Waals surface area contributed by atoms with Crippen LogP contribution in [0.3, 0.4) is 0 Å². The van der Waals surface area contributed by atoms with E-state index in [0.29, 0.717) is 0 Å². The summed E-state index contributed by atoms with van der Waals surface area (Å²) in [5.74, 6) is -0.788. The lowest BCUT2D eigenvalue weighted by atomic mass is 10.1. The maximum Gasteiger partial charge on any atom is 0.358 e. The van der Waals surface area contributed by atoms with Crippen LogP contribution in [0.2, 0.25) is 0 Å². The molecular formula is C9H16ClN3O4S2. The standard InChI is InChI=1S/C9H15N3O4S2.ClH/c1-9(2,10)4-12-18(14,15)8-6(7(13)16-3)11-5-17-8;/h5,12H,4,10H2,1-3H3;1H. The molecule has 1 aromatic heterocycles. The number of esters is 1. The molecule has 19 heavy (non-hydrogen) atoms. The number of rotatable bonds is 5. The quantitative estimate of drug-likeness (QED) is 0.755. The smallest absolute Gasteiger partial charge is 0.358 e. The molecule has 10 heteroatoms. The third-order valence-electron chi connectivity index (χ3n) is 1.88. The molecule has 0 unspecified atom stereocenters. The summed E-state index contributed by atoms with van der Waals surface area (Å²) in [4.78, 5) is 15.0. The van der Waals surface area contributed by atoms with E-state index in [2.05, 4.69) is 14.4 Å². The van der Waals surface area contributed by atoms with E-state index >= 15 is 0 Å². The normalized spacial score (nSPS) is 11.8. The lowest BCUT2D eigenvalue weighted by molar-refractivity contribution is 0.0590. The minimum absolute atomic E-state index is 0. The van der Waals surface area contributed by atoms with Crippen molar-refractivity contribution in [3.8, 4) is 0 Å². The number of halogens is 1. The van der Waals surface area contributed by atoms with Crippen molar-refractivity contribution in [3.05, 3.63) is 11.2 Å². The largest absolute Gasteiger partial charge is 0.464 e. The fourth-order valence-electron chi connectivity index (χ4n) is 1.01. The molecule has 110 valence electrons. The van der Waals surface area contributed by atoms with Gasteiger partial charge in [-0.05, 0) is 13.8 Å². The summed E-state index contributed by atoms with van der Waals surface area (Å²) in [5, 5.41) is 0. The Bertz CT molecular complexity index is 536. The van der Waals surface area contributed by atoms with E-state index in [4.69, 9.17) is 5.73 Å². The van der Waals surface area contributed by atoms with E-state index in [1.54, 1.807) is 13.8 Å². The SMILES string of the molecule is COC(=O)c1ncsc1S(=O)(=O)NCC(C)(C)N.Cl. The Morgan fingerprint density at radius 2 is 2.16 bits per heavy atom. The van der Waals surface area contributed by atoms with Gasteiger partial charge in [0.25, 0.3) is 10.0 Å². The third-order valence-corrected chi connectivity index (χ3v) is 4.65. The zero-order valence-corrected chi connectivity index (χ0v) is 13.1. The number of carbonyl (C=O) groups is 1. The first-order chi connectivity index (χ1) is 8.17. The molecule has 0 spiro atoms. The molecule has 0 radical (unpaired) electrons. The van der Waals surface area contributed by atoms with Crippen molar-refractivity contribution in [2.75, 3.05) is 13.7 Å². The molecule has 1 rings (SSSR count). The van der Waals surface area contributed by atoms with Gasteiger partial charge in [0.15, 0.2) is 9.90 Å². The third kappa shape index (κ3) is 5.03. The van der Waals surface area contributed by atoms with E-state index in [1.165, 1.54) is 5.51 Å². The predicted molar refractivity (Wildman–Crippen MR) is 74.2 cm³/mol. The van der Waals surface area contributed by atoms with E-state index in [9.17, 15) is 13.2 Å². The summed E-state index contributed by atoms with van der Waals surface area (Å²) in [7, 11) is -2.65. The highest BCUT2D eigenvalue weighted by atomic mass is 35.5. The number of ether oxygens (including phenoxy) is 1. The van der Waals surface area contributed by atoms with Crippen LogP contribution in [0.4, 0.5) is 0 Å². The van der Waals surface area contributed by atoms with Gasteiger partial charge in [-0.3, -0.25) is 0 Å². The van der Waals surface area contributed by atoms with Gasteiger partial charge in [-0.15, -0.1) is 23.7 Å². The monoisotopic (exact) mass is 329 g/mol. The number of sulfonamides is 1. The summed E-state index contributed by atoms with van der Waals surface area (Å²) >= 11 is 0.848. The fraction of sp³-hybridized carbons (Fsp3) is 0.556. The zero-order chi connectivity index (χ0) is 14.0. The number of hydrogen-bond acceptors (Lipinski definition) is 7. The molecule has 0 saturated heterocycles. The maximum absolute atomic E-state index is 12.0. The summed E-state index contributed by atoms with van der Waals surface area (Å²) in [6.45, 7) is 3.42.